The predicted molar refractivity (Wildman–Crippen MR) is 63.1 cm³/mol. The van der Waals surface area contributed by atoms with E-state index in [0.29, 0.717) is 18.8 Å². The van der Waals surface area contributed by atoms with Crippen LogP contribution in [0, 0.1) is 11.3 Å². The first-order valence-corrected chi connectivity index (χ1v) is 5.78. The second kappa shape index (κ2) is 3.92. The smallest absolute Gasteiger partial charge is 0.0874 e. The number of hydrogen-bond donors (Lipinski definition) is 1. The van der Waals surface area contributed by atoms with Gasteiger partial charge in [0, 0.05) is 0 Å². The van der Waals surface area contributed by atoms with Gasteiger partial charge in [-0.05, 0) is 29.9 Å². The lowest BCUT2D eigenvalue weighted by Crippen LogP contribution is -2.44. The van der Waals surface area contributed by atoms with Crippen molar-refractivity contribution in [2.45, 2.75) is 44.1 Å². The molecule has 1 N–H and O–H groups in total. The zero-order valence-electron chi connectivity index (χ0n) is 9.77. The summed E-state index contributed by atoms with van der Waals surface area (Å²) in [6, 6.07) is 10.5. The van der Waals surface area contributed by atoms with Crippen molar-refractivity contribution in [1.82, 2.24) is 0 Å². The van der Waals surface area contributed by atoms with Crippen LogP contribution in [0.5, 0.6) is 0 Å². The Hall–Kier alpha value is -1.33. The zero-order valence-corrected chi connectivity index (χ0v) is 9.77. The minimum absolute atomic E-state index is 0.306. The predicted octanol–water partition coefficient (Wildman–Crippen LogP) is 2.73. The number of nitriles is 1. The molecule has 0 bridgehead atoms. The Morgan fingerprint density at radius 1 is 1.38 bits per heavy atom. The maximum Gasteiger partial charge on any atom is 0.0874 e. The molecule has 1 aromatic carbocycles. The first-order chi connectivity index (χ1) is 7.59. The summed E-state index contributed by atoms with van der Waals surface area (Å²) in [6.45, 7) is 4.28. The van der Waals surface area contributed by atoms with Gasteiger partial charge < -0.3 is 5.11 Å². The number of nitrogens with zero attached hydrogens (tertiary/aromatic N) is 1. The molecule has 1 aromatic rings. The summed E-state index contributed by atoms with van der Waals surface area (Å²) in [5.41, 5.74) is 1.90. The van der Waals surface area contributed by atoms with E-state index in [9.17, 15) is 10.4 Å². The van der Waals surface area contributed by atoms with Crippen molar-refractivity contribution >= 4 is 0 Å². The van der Waals surface area contributed by atoms with Gasteiger partial charge in [-0.1, -0.05) is 38.1 Å². The van der Waals surface area contributed by atoms with Gasteiger partial charge in [0.05, 0.1) is 17.6 Å². The minimum Gasteiger partial charge on any atom is -0.393 e. The highest BCUT2D eigenvalue weighted by molar-refractivity contribution is 5.43. The zero-order chi connectivity index (χ0) is 11.8. The van der Waals surface area contributed by atoms with Crippen molar-refractivity contribution in [1.29, 1.82) is 5.26 Å². The van der Waals surface area contributed by atoms with Crippen LogP contribution in [0.4, 0.5) is 0 Å². The molecule has 1 aliphatic carbocycles. The Kier molecular flexibility index (Phi) is 2.73. The van der Waals surface area contributed by atoms with E-state index in [1.54, 1.807) is 0 Å². The van der Waals surface area contributed by atoms with E-state index in [-0.39, 0.29) is 6.10 Å². The fraction of sp³-hybridized carbons (Fsp3) is 0.500. The number of benzene rings is 1. The summed E-state index contributed by atoms with van der Waals surface area (Å²) in [6.07, 6.45) is 0.848. The monoisotopic (exact) mass is 215 g/mol. The summed E-state index contributed by atoms with van der Waals surface area (Å²) < 4.78 is 0. The van der Waals surface area contributed by atoms with Crippen molar-refractivity contribution in [2.24, 2.45) is 0 Å². The molecular weight excluding hydrogens is 198 g/mol. The van der Waals surface area contributed by atoms with Gasteiger partial charge in [-0.2, -0.15) is 5.26 Å². The van der Waals surface area contributed by atoms with Crippen LogP contribution in [-0.4, -0.2) is 11.2 Å². The average Bonchev–Trinajstić information content (AvgIpc) is 2.24. The van der Waals surface area contributed by atoms with Crippen molar-refractivity contribution in [3.8, 4) is 6.07 Å². The van der Waals surface area contributed by atoms with Crippen LogP contribution in [0.25, 0.3) is 0 Å². The van der Waals surface area contributed by atoms with Gasteiger partial charge >= 0.3 is 0 Å². The third kappa shape index (κ3) is 1.62. The van der Waals surface area contributed by atoms with E-state index in [4.69, 9.17) is 0 Å². The highest BCUT2D eigenvalue weighted by Gasteiger charge is 2.46. The van der Waals surface area contributed by atoms with Crippen LogP contribution < -0.4 is 0 Å². The maximum absolute atomic E-state index is 9.45. The van der Waals surface area contributed by atoms with Crippen LogP contribution >= 0.6 is 0 Å². The van der Waals surface area contributed by atoms with E-state index in [1.165, 1.54) is 5.56 Å². The quantitative estimate of drug-likeness (QED) is 0.824. The molecule has 2 nitrogen and oxygen atoms in total. The molecule has 0 spiro atoms. The molecule has 2 heteroatoms. The fourth-order valence-corrected chi connectivity index (χ4v) is 2.55. The molecule has 0 atom stereocenters. The molecule has 1 saturated carbocycles. The molecular formula is C14H17NO. The number of aliphatic hydroxyl groups is 1. The van der Waals surface area contributed by atoms with Gasteiger partial charge in [0.15, 0.2) is 0 Å². The van der Waals surface area contributed by atoms with Gasteiger partial charge in [0.25, 0.3) is 0 Å². The van der Waals surface area contributed by atoms with E-state index in [0.717, 1.165) is 5.56 Å². The summed E-state index contributed by atoms with van der Waals surface area (Å²) in [7, 11) is 0. The molecule has 0 saturated heterocycles. The molecule has 0 aromatic heterocycles. The topological polar surface area (TPSA) is 44.0 Å². The SMILES string of the molecule is CC(C)c1ccccc1C1(C#N)CC(O)C1. The maximum atomic E-state index is 9.45. The number of aliphatic hydroxyl groups excluding tert-OH is 1. The first-order valence-electron chi connectivity index (χ1n) is 5.78. The van der Waals surface area contributed by atoms with Gasteiger partial charge in [0.1, 0.15) is 0 Å². The Morgan fingerprint density at radius 3 is 2.50 bits per heavy atom. The molecule has 1 fully saturated rings. The summed E-state index contributed by atoms with van der Waals surface area (Å²) >= 11 is 0. The lowest BCUT2D eigenvalue weighted by atomic mass is 9.62. The van der Waals surface area contributed by atoms with Gasteiger partial charge in [-0.25, -0.2) is 0 Å². The Morgan fingerprint density at radius 2 is 2.00 bits per heavy atom. The number of rotatable bonds is 2. The van der Waals surface area contributed by atoms with E-state index in [2.05, 4.69) is 26.0 Å². The standard InChI is InChI=1S/C14H17NO/c1-10(2)12-5-3-4-6-13(12)14(9-15)7-11(16)8-14/h3-6,10-11,16H,7-8H2,1-2H3. The van der Waals surface area contributed by atoms with Crippen molar-refractivity contribution in [3.63, 3.8) is 0 Å². The molecule has 84 valence electrons. The molecule has 0 aliphatic heterocycles. The molecule has 0 unspecified atom stereocenters. The second-order valence-electron chi connectivity index (χ2n) is 5.00. The molecule has 0 radical (unpaired) electrons. The summed E-state index contributed by atoms with van der Waals surface area (Å²) in [5, 5.41) is 18.8. The Balaban J connectivity index is 2.44. The summed E-state index contributed by atoms with van der Waals surface area (Å²) in [5.74, 6) is 0.416. The molecule has 1 aliphatic rings. The van der Waals surface area contributed by atoms with Crippen LogP contribution in [0.1, 0.15) is 43.7 Å². The molecule has 2 rings (SSSR count). The van der Waals surface area contributed by atoms with Crippen molar-refractivity contribution in [3.05, 3.63) is 35.4 Å². The molecule has 16 heavy (non-hydrogen) atoms. The van der Waals surface area contributed by atoms with E-state index >= 15 is 0 Å². The normalized spacial score (nSPS) is 28.6. The molecule has 0 heterocycles. The largest absolute Gasteiger partial charge is 0.393 e. The second-order valence-corrected chi connectivity index (χ2v) is 5.00. The van der Waals surface area contributed by atoms with Crippen LogP contribution in [0.2, 0.25) is 0 Å². The van der Waals surface area contributed by atoms with E-state index in [1.807, 2.05) is 18.2 Å². The van der Waals surface area contributed by atoms with E-state index < -0.39 is 5.41 Å². The lowest BCUT2D eigenvalue weighted by molar-refractivity contribution is 0.0443. The highest BCUT2D eigenvalue weighted by Crippen LogP contribution is 2.45. The highest BCUT2D eigenvalue weighted by atomic mass is 16.3. The van der Waals surface area contributed by atoms with Crippen LogP contribution in [-0.2, 0) is 5.41 Å². The Labute approximate surface area is 96.5 Å². The van der Waals surface area contributed by atoms with Crippen molar-refractivity contribution in [2.75, 3.05) is 0 Å². The van der Waals surface area contributed by atoms with Gasteiger partial charge in [-0.3, -0.25) is 0 Å². The molecule has 0 amide bonds. The lowest BCUT2D eigenvalue weighted by Gasteiger charge is -2.41. The van der Waals surface area contributed by atoms with Crippen LogP contribution in [0.15, 0.2) is 24.3 Å². The first kappa shape index (κ1) is 11.2. The van der Waals surface area contributed by atoms with Crippen molar-refractivity contribution < 1.29 is 5.11 Å². The number of hydrogen-bond acceptors (Lipinski definition) is 2. The van der Waals surface area contributed by atoms with Gasteiger partial charge in [0.2, 0.25) is 0 Å². The minimum atomic E-state index is -0.444. The third-order valence-corrected chi connectivity index (χ3v) is 3.48. The summed E-state index contributed by atoms with van der Waals surface area (Å²) in [4.78, 5) is 0. The Bertz CT molecular complexity index is 425. The fourth-order valence-electron chi connectivity index (χ4n) is 2.55. The average molecular weight is 215 g/mol. The third-order valence-electron chi connectivity index (χ3n) is 3.48. The van der Waals surface area contributed by atoms with Crippen LogP contribution in [0.3, 0.4) is 0 Å². The van der Waals surface area contributed by atoms with Gasteiger partial charge in [-0.15, -0.1) is 0 Å².